The molecule has 6 N–H and O–H groups in total. The van der Waals surface area contributed by atoms with E-state index in [0.29, 0.717) is 0 Å². The lowest BCUT2D eigenvalue weighted by molar-refractivity contribution is -0.277. The first-order valence-electron chi connectivity index (χ1n) is 9.23. The second kappa shape index (κ2) is 7.87. The number of methoxy groups -OCH3 is 1. The van der Waals surface area contributed by atoms with Crippen LogP contribution in [0, 0.1) is 0 Å². The number of ether oxygens (including phenoxy) is 3. The molecule has 2 heterocycles. The van der Waals surface area contributed by atoms with Crippen LogP contribution in [-0.4, -0.2) is 75.1 Å². The zero-order valence-electron chi connectivity index (χ0n) is 16.1. The summed E-state index contributed by atoms with van der Waals surface area (Å²) in [5.74, 6) is -0.825. The van der Waals surface area contributed by atoms with Gasteiger partial charge in [-0.05, 0) is 12.1 Å². The number of aliphatic hydroxyl groups excluding tert-OH is 4. The second-order valence-corrected chi connectivity index (χ2v) is 7.05. The van der Waals surface area contributed by atoms with Crippen molar-refractivity contribution in [1.29, 1.82) is 0 Å². The van der Waals surface area contributed by atoms with Crippen LogP contribution in [0.15, 0.2) is 33.5 Å². The third-order valence-corrected chi connectivity index (χ3v) is 5.13. The van der Waals surface area contributed by atoms with E-state index in [4.69, 9.17) is 18.6 Å². The molecule has 3 aromatic rings. The van der Waals surface area contributed by atoms with Crippen LogP contribution in [0.5, 0.6) is 23.0 Å². The molecule has 166 valence electrons. The van der Waals surface area contributed by atoms with E-state index in [1.54, 1.807) is 0 Å². The fourth-order valence-corrected chi connectivity index (χ4v) is 3.54. The molecule has 5 atom stereocenters. The van der Waals surface area contributed by atoms with Gasteiger partial charge in [-0.1, -0.05) is 0 Å². The molecule has 31 heavy (non-hydrogen) atoms. The summed E-state index contributed by atoms with van der Waals surface area (Å²) in [5.41, 5.74) is -0.877. The maximum absolute atomic E-state index is 13.2. The molecular weight excluding hydrogens is 416 g/mol. The van der Waals surface area contributed by atoms with E-state index in [1.807, 2.05) is 0 Å². The molecule has 2 aromatic carbocycles. The molecule has 0 saturated carbocycles. The topological polar surface area (TPSA) is 179 Å². The highest BCUT2D eigenvalue weighted by Crippen LogP contribution is 2.37. The lowest BCUT2D eigenvalue weighted by Gasteiger charge is -2.39. The summed E-state index contributed by atoms with van der Waals surface area (Å²) in [6.07, 6.45) is -7.71. The number of aliphatic hydroxyl groups is 4. The average Bonchev–Trinajstić information content (AvgIpc) is 2.73. The fraction of sp³-hybridized carbons (Fsp3) is 0.350. The number of rotatable bonds is 4. The van der Waals surface area contributed by atoms with Crippen molar-refractivity contribution >= 4 is 21.9 Å². The van der Waals surface area contributed by atoms with Crippen molar-refractivity contribution in [1.82, 2.24) is 0 Å². The van der Waals surface area contributed by atoms with Gasteiger partial charge in [0.15, 0.2) is 11.3 Å². The number of phenols is 2. The van der Waals surface area contributed by atoms with Crippen molar-refractivity contribution in [3.05, 3.63) is 34.5 Å². The Labute approximate surface area is 173 Å². The van der Waals surface area contributed by atoms with Crippen molar-refractivity contribution in [2.75, 3.05) is 13.7 Å². The maximum Gasteiger partial charge on any atom is 0.229 e. The van der Waals surface area contributed by atoms with Crippen LogP contribution < -0.4 is 14.9 Å². The van der Waals surface area contributed by atoms with Crippen LogP contribution in [-0.2, 0) is 4.74 Å². The first kappa shape index (κ1) is 21.2. The highest BCUT2D eigenvalue weighted by atomic mass is 16.7. The Morgan fingerprint density at radius 2 is 1.71 bits per heavy atom. The zero-order valence-corrected chi connectivity index (χ0v) is 16.1. The highest BCUT2D eigenvalue weighted by molar-refractivity contribution is 5.98. The molecule has 11 nitrogen and oxygen atoms in total. The molecule has 0 amide bonds. The van der Waals surface area contributed by atoms with Gasteiger partial charge in [0.25, 0.3) is 0 Å². The van der Waals surface area contributed by atoms with Gasteiger partial charge in [-0.2, -0.15) is 0 Å². The van der Waals surface area contributed by atoms with Crippen molar-refractivity contribution < 1.29 is 49.3 Å². The van der Waals surface area contributed by atoms with Gasteiger partial charge in [0.1, 0.15) is 58.0 Å². The standard InChI is InChI=1S/C20H20O11/c1-28-10-3-2-9(30-20-18(27)17(26)15(24)12(6-21)31-20)14-16(25)13-8(23)4-7(22)5-11(13)29-19(10)14/h2-5,12,15,17-18,20-24,26-27H,6H2,1H3. The normalized spacial score (nSPS) is 26.3. The number of hydrogen-bond acceptors (Lipinski definition) is 11. The van der Waals surface area contributed by atoms with Gasteiger partial charge >= 0.3 is 0 Å². The lowest BCUT2D eigenvalue weighted by Crippen LogP contribution is -2.60. The van der Waals surface area contributed by atoms with Gasteiger partial charge in [-0.3, -0.25) is 4.79 Å². The summed E-state index contributed by atoms with van der Waals surface area (Å²) < 4.78 is 21.9. The molecule has 0 spiro atoms. The molecule has 1 saturated heterocycles. The molecule has 0 aliphatic carbocycles. The van der Waals surface area contributed by atoms with E-state index < -0.39 is 48.5 Å². The minimum Gasteiger partial charge on any atom is -0.508 e. The van der Waals surface area contributed by atoms with Gasteiger partial charge in [-0.15, -0.1) is 0 Å². The minimum atomic E-state index is -1.70. The summed E-state index contributed by atoms with van der Waals surface area (Å²) in [5, 5.41) is 58.9. The Bertz CT molecular complexity index is 1190. The van der Waals surface area contributed by atoms with E-state index in [2.05, 4.69) is 0 Å². The van der Waals surface area contributed by atoms with Crippen LogP contribution in [0.25, 0.3) is 21.9 Å². The Morgan fingerprint density at radius 3 is 2.39 bits per heavy atom. The number of benzene rings is 2. The SMILES string of the molecule is COc1ccc(OC2OC(CO)C(O)C(O)C2O)c2c(=O)c3c(O)cc(O)cc3oc12. The van der Waals surface area contributed by atoms with Crippen molar-refractivity contribution in [2.45, 2.75) is 30.7 Å². The molecule has 11 heteroatoms. The molecule has 5 unspecified atom stereocenters. The van der Waals surface area contributed by atoms with Crippen molar-refractivity contribution in [3.63, 3.8) is 0 Å². The summed E-state index contributed by atoms with van der Waals surface area (Å²) in [6, 6.07) is 4.88. The molecule has 0 radical (unpaired) electrons. The van der Waals surface area contributed by atoms with Crippen LogP contribution >= 0.6 is 0 Å². The Hall–Kier alpha value is -3.09. The molecule has 1 aliphatic rings. The average molecular weight is 436 g/mol. The van der Waals surface area contributed by atoms with Gasteiger partial charge in [0, 0.05) is 12.1 Å². The summed E-state index contributed by atoms with van der Waals surface area (Å²) in [6.45, 7) is -0.654. The quantitative estimate of drug-likeness (QED) is 0.292. The van der Waals surface area contributed by atoms with Crippen molar-refractivity contribution in [3.8, 4) is 23.0 Å². The second-order valence-electron chi connectivity index (χ2n) is 7.05. The molecule has 4 rings (SSSR count). The van der Waals surface area contributed by atoms with E-state index in [-0.39, 0.29) is 39.2 Å². The van der Waals surface area contributed by atoms with Gasteiger partial charge < -0.3 is 49.3 Å². The monoisotopic (exact) mass is 436 g/mol. The van der Waals surface area contributed by atoms with Gasteiger partial charge in [-0.25, -0.2) is 0 Å². The van der Waals surface area contributed by atoms with Crippen LogP contribution in [0.2, 0.25) is 0 Å². The van der Waals surface area contributed by atoms with E-state index in [1.165, 1.54) is 19.2 Å². The van der Waals surface area contributed by atoms with Gasteiger partial charge in [0.2, 0.25) is 11.7 Å². The third-order valence-electron chi connectivity index (χ3n) is 5.13. The lowest BCUT2D eigenvalue weighted by atomic mass is 9.99. The smallest absolute Gasteiger partial charge is 0.229 e. The highest BCUT2D eigenvalue weighted by Gasteiger charge is 2.45. The maximum atomic E-state index is 13.2. The molecule has 1 aliphatic heterocycles. The number of hydrogen-bond donors (Lipinski definition) is 6. The van der Waals surface area contributed by atoms with Gasteiger partial charge in [0.05, 0.1) is 13.7 Å². The molecule has 0 bridgehead atoms. The molecule has 1 fully saturated rings. The Morgan fingerprint density at radius 1 is 1.00 bits per heavy atom. The minimum absolute atomic E-state index is 0.0629. The summed E-state index contributed by atoms with van der Waals surface area (Å²) in [4.78, 5) is 13.2. The predicted molar refractivity (Wildman–Crippen MR) is 104 cm³/mol. The zero-order chi connectivity index (χ0) is 22.4. The molecular formula is C20H20O11. The first-order valence-corrected chi connectivity index (χ1v) is 9.23. The number of phenolic OH excluding ortho intramolecular Hbond substituents is 2. The summed E-state index contributed by atoms with van der Waals surface area (Å²) >= 11 is 0. The number of aromatic hydroxyl groups is 2. The molecule has 1 aromatic heterocycles. The van der Waals surface area contributed by atoms with Crippen LogP contribution in [0.3, 0.4) is 0 Å². The van der Waals surface area contributed by atoms with Crippen LogP contribution in [0.4, 0.5) is 0 Å². The number of fused-ring (bicyclic) bond motifs is 2. The first-order chi connectivity index (χ1) is 14.8. The van der Waals surface area contributed by atoms with E-state index in [0.717, 1.165) is 12.1 Å². The van der Waals surface area contributed by atoms with E-state index >= 15 is 0 Å². The van der Waals surface area contributed by atoms with Crippen molar-refractivity contribution in [2.24, 2.45) is 0 Å². The van der Waals surface area contributed by atoms with E-state index in [9.17, 15) is 35.4 Å². The fourth-order valence-electron chi connectivity index (χ4n) is 3.54. The largest absolute Gasteiger partial charge is 0.508 e. The predicted octanol–water partition coefficient (Wildman–Crippen LogP) is -0.455. The third kappa shape index (κ3) is 3.42. The summed E-state index contributed by atoms with van der Waals surface area (Å²) in [7, 11) is 1.34. The Balaban J connectivity index is 1.89. The van der Waals surface area contributed by atoms with Crippen LogP contribution in [0.1, 0.15) is 0 Å². The Kier molecular flexibility index (Phi) is 5.37.